The van der Waals surface area contributed by atoms with E-state index in [4.69, 9.17) is 10.5 Å². The van der Waals surface area contributed by atoms with Crippen LogP contribution < -0.4 is 5.73 Å². The van der Waals surface area contributed by atoms with Crippen LogP contribution in [0.15, 0.2) is 36.7 Å². The normalized spacial score (nSPS) is 24.9. The number of aromatic nitrogens is 2. The number of halogens is 1. The molecule has 4 rings (SSSR count). The Balaban J connectivity index is 1.44. The van der Waals surface area contributed by atoms with Crippen LogP contribution in [0.3, 0.4) is 0 Å². The molecular formula is C20H27FN4O2. The predicted octanol–water partition coefficient (Wildman–Crippen LogP) is 1.70. The summed E-state index contributed by atoms with van der Waals surface area (Å²) >= 11 is 0. The van der Waals surface area contributed by atoms with Gasteiger partial charge in [-0.1, -0.05) is 0 Å². The molecule has 0 radical (unpaired) electrons. The van der Waals surface area contributed by atoms with Crippen LogP contribution >= 0.6 is 0 Å². The lowest BCUT2D eigenvalue weighted by Gasteiger charge is -2.56. The molecule has 7 heteroatoms. The molecule has 1 saturated carbocycles. The highest BCUT2D eigenvalue weighted by molar-refractivity contribution is 5.40. The largest absolute Gasteiger partial charge is 0.392 e. The van der Waals surface area contributed by atoms with Gasteiger partial charge < -0.3 is 15.6 Å². The molecule has 1 aromatic carbocycles. The summed E-state index contributed by atoms with van der Waals surface area (Å²) in [7, 11) is 0. The first-order chi connectivity index (χ1) is 13.1. The number of likely N-dealkylation sites (tertiary alicyclic amines) is 1. The van der Waals surface area contributed by atoms with E-state index in [1.165, 1.54) is 6.07 Å². The Bertz CT molecular complexity index is 759. The van der Waals surface area contributed by atoms with Gasteiger partial charge in [0.15, 0.2) is 0 Å². The highest BCUT2D eigenvalue weighted by atomic mass is 19.1. The standard InChI is InChI=1S/C20H27FN4O2/c21-16-2-3-17(25-8-1-7-23-25)15(12-16)14-24-9-4-20(5-10-24)18(26)13-19(20)27-11-6-22/h1-3,7-8,12,18-19,26H,4-6,9-11,13-14,22H2/t18-,19+/m0/s1. The van der Waals surface area contributed by atoms with Crippen molar-refractivity contribution in [2.45, 2.75) is 38.0 Å². The zero-order valence-corrected chi connectivity index (χ0v) is 15.4. The molecule has 2 fully saturated rings. The van der Waals surface area contributed by atoms with Crippen molar-refractivity contribution in [1.82, 2.24) is 14.7 Å². The van der Waals surface area contributed by atoms with Gasteiger partial charge in [-0.25, -0.2) is 9.07 Å². The predicted molar refractivity (Wildman–Crippen MR) is 99.9 cm³/mol. The zero-order chi connectivity index (χ0) is 18.9. The Morgan fingerprint density at radius 3 is 2.81 bits per heavy atom. The number of aliphatic hydroxyl groups excluding tert-OH is 1. The third-order valence-corrected chi connectivity index (χ3v) is 6.15. The molecule has 0 unspecified atom stereocenters. The molecule has 146 valence electrons. The minimum atomic E-state index is -0.295. The fourth-order valence-electron chi connectivity index (χ4n) is 4.51. The van der Waals surface area contributed by atoms with Crippen LogP contribution in [0.4, 0.5) is 4.39 Å². The van der Waals surface area contributed by atoms with Crippen molar-refractivity contribution >= 4 is 0 Å². The van der Waals surface area contributed by atoms with Gasteiger partial charge in [0, 0.05) is 37.3 Å². The first-order valence-corrected chi connectivity index (χ1v) is 9.63. The molecule has 6 nitrogen and oxygen atoms in total. The van der Waals surface area contributed by atoms with Gasteiger partial charge in [-0.05, 0) is 55.8 Å². The Labute approximate surface area is 158 Å². The molecule has 2 aromatic rings. The van der Waals surface area contributed by atoms with Crippen LogP contribution in [0.2, 0.25) is 0 Å². The first-order valence-electron chi connectivity index (χ1n) is 9.63. The quantitative estimate of drug-likeness (QED) is 0.805. The number of ether oxygens (including phenoxy) is 1. The van der Waals surface area contributed by atoms with Crippen LogP contribution in [0.5, 0.6) is 0 Å². The fraction of sp³-hybridized carbons (Fsp3) is 0.550. The fourth-order valence-corrected chi connectivity index (χ4v) is 4.51. The summed E-state index contributed by atoms with van der Waals surface area (Å²) in [6.45, 7) is 3.42. The van der Waals surface area contributed by atoms with Crippen molar-refractivity contribution in [1.29, 1.82) is 0 Å². The van der Waals surface area contributed by atoms with Gasteiger partial charge in [0.2, 0.25) is 0 Å². The summed E-state index contributed by atoms with van der Waals surface area (Å²) in [6.07, 6.45) is 5.87. The molecule has 3 N–H and O–H groups in total. The summed E-state index contributed by atoms with van der Waals surface area (Å²) < 4.78 is 21.5. The van der Waals surface area contributed by atoms with E-state index in [1.807, 2.05) is 12.3 Å². The lowest BCUT2D eigenvalue weighted by molar-refractivity contribution is -0.210. The van der Waals surface area contributed by atoms with Crippen LogP contribution in [-0.2, 0) is 11.3 Å². The van der Waals surface area contributed by atoms with Crippen LogP contribution in [-0.4, -0.2) is 58.2 Å². The minimum absolute atomic E-state index is 0.104. The van der Waals surface area contributed by atoms with Gasteiger partial charge in [-0.15, -0.1) is 0 Å². The van der Waals surface area contributed by atoms with E-state index >= 15 is 0 Å². The topological polar surface area (TPSA) is 76.5 Å². The van der Waals surface area contributed by atoms with Crippen molar-refractivity contribution in [2.24, 2.45) is 11.1 Å². The van der Waals surface area contributed by atoms with Gasteiger partial charge in [0.05, 0.1) is 24.5 Å². The van der Waals surface area contributed by atoms with E-state index in [-0.39, 0.29) is 23.4 Å². The number of piperidine rings is 1. The number of hydrogen-bond acceptors (Lipinski definition) is 5. The average molecular weight is 374 g/mol. The Kier molecular flexibility index (Phi) is 5.27. The molecule has 1 aliphatic carbocycles. The summed E-state index contributed by atoms with van der Waals surface area (Å²) in [5, 5.41) is 14.7. The van der Waals surface area contributed by atoms with E-state index in [0.717, 1.165) is 37.2 Å². The number of benzene rings is 1. The zero-order valence-electron chi connectivity index (χ0n) is 15.4. The molecule has 1 spiro atoms. The maximum atomic E-state index is 13.8. The summed E-state index contributed by atoms with van der Waals surface area (Å²) in [4.78, 5) is 2.32. The van der Waals surface area contributed by atoms with Crippen molar-refractivity contribution in [3.8, 4) is 5.69 Å². The summed E-state index contributed by atoms with van der Waals surface area (Å²) in [5.74, 6) is -0.237. The smallest absolute Gasteiger partial charge is 0.123 e. The van der Waals surface area contributed by atoms with Crippen LogP contribution in [0.1, 0.15) is 24.8 Å². The van der Waals surface area contributed by atoms with Crippen LogP contribution in [0, 0.1) is 11.2 Å². The van der Waals surface area contributed by atoms with Gasteiger partial charge in [-0.2, -0.15) is 5.10 Å². The third kappa shape index (κ3) is 3.52. The first kappa shape index (κ1) is 18.6. The molecule has 0 amide bonds. The average Bonchev–Trinajstić information content (AvgIpc) is 3.20. The number of hydrogen-bond donors (Lipinski definition) is 2. The van der Waals surface area contributed by atoms with Gasteiger partial charge >= 0.3 is 0 Å². The molecule has 2 heterocycles. The van der Waals surface area contributed by atoms with Crippen molar-refractivity contribution in [3.63, 3.8) is 0 Å². The van der Waals surface area contributed by atoms with E-state index in [9.17, 15) is 9.50 Å². The Morgan fingerprint density at radius 1 is 1.33 bits per heavy atom. The minimum Gasteiger partial charge on any atom is -0.392 e. The van der Waals surface area contributed by atoms with Gasteiger partial charge in [0.1, 0.15) is 5.82 Å². The van der Waals surface area contributed by atoms with Crippen molar-refractivity contribution in [3.05, 3.63) is 48.0 Å². The van der Waals surface area contributed by atoms with Gasteiger partial charge in [0.25, 0.3) is 0 Å². The Morgan fingerprint density at radius 2 is 2.15 bits per heavy atom. The highest BCUT2D eigenvalue weighted by Gasteiger charge is 2.56. The molecule has 1 aromatic heterocycles. The van der Waals surface area contributed by atoms with Gasteiger partial charge in [-0.3, -0.25) is 4.90 Å². The summed E-state index contributed by atoms with van der Waals surface area (Å²) in [6, 6.07) is 6.69. The molecule has 1 saturated heterocycles. The van der Waals surface area contributed by atoms with Crippen LogP contribution in [0.25, 0.3) is 5.69 Å². The number of rotatable bonds is 6. The molecular weight excluding hydrogens is 347 g/mol. The van der Waals surface area contributed by atoms with E-state index in [1.54, 1.807) is 23.0 Å². The number of aliphatic hydroxyl groups is 1. The number of nitrogens with two attached hydrogens (primary N) is 1. The number of nitrogens with zero attached hydrogens (tertiary/aromatic N) is 3. The molecule has 27 heavy (non-hydrogen) atoms. The maximum absolute atomic E-state index is 13.8. The monoisotopic (exact) mass is 374 g/mol. The summed E-state index contributed by atoms with van der Waals surface area (Å²) in [5.41, 5.74) is 7.22. The van der Waals surface area contributed by atoms with E-state index in [2.05, 4.69) is 10.00 Å². The Hall–Kier alpha value is -1.80. The lowest BCUT2D eigenvalue weighted by atomic mass is 9.58. The maximum Gasteiger partial charge on any atom is 0.123 e. The SMILES string of the molecule is NCCO[C@@H]1C[C@H](O)C12CCN(Cc1cc(F)ccc1-n1cccn1)CC2. The second-order valence-electron chi connectivity index (χ2n) is 7.63. The van der Waals surface area contributed by atoms with Crippen molar-refractivity contribution < 1.29 is 14.2 Å². The molecule has 0 bridgehead atoms. The molecule has 2 atom stereocenters. The van der Waals surface area contributed by atoms with E-state index < -0.39 is 0 Å². The molecule has 2 aliphatic rings. The lowest BCUT2D eigenvalue weighted by Crippen LogP contribution is -2.62. The second kappa shape index (κ2) is 7.67. The third-order valence-electron chi connectivity index (χ3n) is 6.15. The second-order valence-corrected chi connectivity index (χ2v) is 7.63. The molecule has 1 aliphatic heterocycles. The van der Waals surface area contributed by atoms with Crippen molar-refractivity contribution in [2.75, 3.05) is 26.2 Å². The van der Waals surface area contributed by atoms with E-state index in [0.29, 0.717) is 26.1 Å². The highest BCUT2D eigenvalue weighted by Crippen LogP contribution is 2.51.